The van der Waals surface area contributed by atoms with Gasteiger partial charge in [0.2, 0.25) is 0 Å². The van der Waals surface area contributed by atoms with Crippen LogP contribution in [-0.2, 0) is 12.8 Å². The van der Waals surface area contributed by atoms with Gasteiger partial charge in [0, 0.05) is 22.5 Å². The number of benzene rings is 1. The maximum atomic E-state index is 12.9. The van der Waals surface area contributed by atoms with Gasteiger partial charge in [-0.25, -0.2) is 0 Å². The molecule has 1 amide bonds. The third-order valence-electron chi connectivity index (χ3n) is 5.26. The smallest absolute Gasteiger partial charge is 0.254 e. The summed E-state index contributed by atoms with van der Waals surface area (Å²) in [4.78, 5) is 15.7. The summed E-state index contributed by atoms with van der Waals surface area (Å²) in [6.45, 7) is 0. The molecule has 0 N–H and O–H groups in total. The Morgan fingerprint density at radius 1 is 1.10 bits per heavy atom. The minimum atomic E-state index is 0.270. The Balaban J connectivity index is 1.61. The van der Waals surface area contributed by atoms with Crippen LogP contribution in [-0.4, -0.2) is 27.7 Å². The van der Waals surface area contributed by atoms with Crippen LogP contribution in [0.15, 0.2) is 18.2 Å². The van der Waals surface area contributed by atoms with Gasteiger partial charge < -0.3 is 4.90 Å². The van der Waals surface area contributed by atoms with Gasteiger partial charge in [0.1, 0.15) is 0 Å². The van der Waals surface area contributed by atoms with Crippen LogP contribution in [0.1, 0.15) is 53.6 Å². The first-order chi connectivity index (χ1) is 9.72. The highest BCUT2D eigenvalue weighted by molar-refractivity contribution is 9.09. The monoisotopic (exact) mass is 333 g/mol. The highest BCUT2D eigenvalue weighted by Crippen LogP contribution is 2.39. The molecule has 3 aliphatic rings. The minimum Gasteiger partial charge on any atom is -0.333 e. The lowest BCUT2D eigenvalue weighted by Crippen LogP contribution is -2.46. The van der Waals surface area contributed by atoms with Crippen LogP contribution in [0.2, 0.25) is 0 Å². The van der Waals surface area contributed by atoms with Crippen molar-refractivity contribution in [1.82, 2.24) is 4.90 Å². The molecule has 4 rings (SSSR count). The Hall–Kier alpha value is -0.830. The van der Waals surface area contributed by atoms with E-state index in [2.05, 4.69) is 33.0 Å². The van der Waals surface area contributed by atoms with Crippen molar-refractivity contribution >= 4 is 21.8 Å². The number of hydrogen-bond acceptors (Lipinski definition) is 1. The maximum Gasteiger partial charge on any atom is 0.254 e. The average Bonchev–Trinajstić information content (AvgIpc) is 3.00. The van der Waals surface area contributed by atoms with E-state index in [4.69, 9.17) is 0 Å². The maximum absolute atomic E-state index is 12.9. The molecule has 2 heterocycles. The molecule has 3 heteroatoms. The molecule has 0 radical (unpaired) electrons. The Bertz CT molecular complexity index is 542. The third kappa shape index (κ3) is 2.02. The number of fused-ring (bicyclic) bond motifs is 3. The fraction of sp³-hybridized carbons (Fsp3) is 0.588. The van der Waals surface area contributed by atoms with Gasteiger partial charge in [-0.1, -0.05) is 22.0 Å². The Morgan fingerprint density at radius 2 is 1.80 bits per heavy atom. The minimum absolute atomic E-state index is 0.270. The molecule has 1 aromatic rings. The Labute approximate surface area is 128 Å². The van der Waals surface area contributed by atoms with E-state index in [0.717, 1.165) is 24.8 Å². The largest absolute Gasteiger partial charge is 0.333 e. The molecule has 2 aliphatic heterocycles. The highest BCUT2D eigenvalue weighted by Gasteiger charge is 2.42. The van der Waals surface area contributed by atoms with Crippen molar-refractivity contribution in [3.8, 4) is 0 Å². The van der Waals surface area contributed by atoms with E-state index in [1.54, 1.807) is 0 Å². The highest BCUT2D eigenvalue weighted by atomic mass is 79.9. The first kappa shape index (κ1) is 12.9. The Kier molecular flexibility index (Phi) is 3.13. The molecule has 1 aliphatic carbocycles. The van der Waals surface area contributed by atoms with Crippen molar-refractivity contribution in [3.63, 3.8) is 0 Å². The van der Waals surface area contributed by atoms with Crippen LogP contribution in [0.3, 0.4) is 0 Å². The lowest BCUT2D eigenvalue weighted by Gasteiger charge is -2.37. The zero-order valence-electron chi connectivity index (χ0n) is 11.6. The van der Waals surface area contributed by atoms with Crippen LogP contribution in [0.5, 0.6) is 0 Å². The second kappa shape index (κ2) is 4.87. The molecule has 2 atom stereocenters. The van der Waals surface area contributed by atoms with Gasteiger partial charge in [0.15, 0.2) is 0 Å². The average molecular weight is 334 g/mol. The van der Waals surface area contributed by atoms with Gasteiger partial charge in [-0.05, 0) is 68.2 Å². The molecule has 2 unspecified atom stereocenters. The SMILES string of the molecule is O=C(c1ccc2c(c1)CCC2)N1C2CCC1CC(Br)C2. The van der Waals surface area contributed by atoms with E-state index in [1.807, 2.05) is 6.07 Å². The van der Waals surface area contributed by atoms with Gasteiger partial charge in [0.05, 0.1) is 0 Å². The first-order valence-corrected chi connectivity index (χ1v) is 8.72. The number of piperidine rings is 1. The molecule has 2 nitrogen and oxygen atoms in total. The molecule has 2 fully saturated rings. The summed E-state index contributed by atoms with van der Waals surface area (Å²) in [6.07, 6.45) is 8.18. The molecule has 0 saturated carbocycles. The van der Waals surface area contributed by atoms with Crippen molar-refractivity contribution in [2.45, 2.75) is 61.9 Å². The lowest BCUT2D eigenvalue weighted by atomic mass is 10.00. The molecule has 2 saturated heterocycles. The van der Waals surface area contributed by atoms with Gasteiger partial charge in [-0.2, -0.15) is 0 Å². The number of alkyl halides is 1. The van der Waals surface area contributed by atoms with E-state index in [9.17, 15) is 4.79 Å². The van der Waals surface area contributed by atoms with Gasteiger partial charge in [0.25, 0.3) is 5.91 Å². The van der Waals surface area contributed by atoms with Gasteiger partial charge in [-0.3, -0.25) is 4.79 Å². The number of amides is 1. The zero-order valence-corrected chi connectivity index (χ0v) is 13.2. The molecule has 1 aromatic carbocycles. The predicted octanol–water partition coefficient (Wildman–Crippen LogP) is 3.71. The number of rotatable bonds is 1. The number of halogens is 1. The van der Waals surface area contributed by atoms with Gasteiger partial charge in [-0.15, -0.1) is 0 Å². The lowest BCUT2D eigenvalue weighted by molar-refractivity contribution is 0.0603. The van der Waals surface area contributed by atoms with E-state index in [-0.39, 0.29) is 5.91 Å². The summed E-state index contributed by atoms with van der Waals surface area (Å²) >= 11 is 3.74. The van der Waals surface area contributed by atoms with E-state index >= 15 is 0 Å². The van der Waals surface area contributed by atoms with Crippen LogP contribution in [0.4, 0.5) is 0 Å². The molecule has 20 heavy (non-hydrogen) atoms. The van der Waals surface area contributed by atoms with Crippen molar-refractivity contribution < 1.29 is 4.79 Å². The number of carbonyl (C=O) groups excluding carboxylic acids is 1. The second-order valence-corrected chi connectivity index (χ2v) is 7.80. The van der Waals surface area contributed by atoms with Crippen LogP contribution in [0.25, 0.3) is 0 Å². The zero-order chi connectivity index (χ0) is 13.7. The summed E-state index contributed by atoms with van der Waals surface area (Å²) in [5, 5.41) is 0. The summed E-state index contributed by atoms with van der Waals surface area (Å²) in [6, 6.07) is 7.29. The van der Waals surface area contributed by atoms with E-state index in [0.29, 0.717) is 16.9 Å². The normalized spacial score (nSPS) is 31.4. The molecule has 0 spiro atoms. The summed E-state index contributed by atoms with van der Waals surface area (Å²) in [7, 11) is 0. The van der Waals surface area contributed by atoms with Crippen molar-refractivity contribution in [1.29, 1.82) is 0 Å². The number of carbonyl (C=O) groups is 1. The number of nitrogens with zero attached hydrogens (tertiary/aromatic N) is 1. The summed E-state index contributed by atoms with van der Waals surface area (Å²) in [5.74, 6) is 0.270. The van der Waals surface area contributed by atoms with Crippen molar-refractivity contribution in [2.24, 2.45) is 0 Å². The fourth-order valence-corrected chi connectivity index (χ4v) is 5.16. The molecular formula is C17H20BrNO. The second-order valence-electron chi connectivity index (χ2n) is 6.50. The number of hydrogen-bond donors (Lipinski definition) is 0. The van der Waals surface area contributed by atoms with Crippen LogP contribution < -0.4 is 0 Å². The molecule has 106 valence electrons. The fourth-order valence-electron chi connectivity index (χ4n) is 4.30. The predicted molar refractivity (Wildman–Crippen MR) is 83.4 cm³/mol. The van der Waals surface area contributed by atoms with E-state index in [1.165, 1.54) is 36.8 Å². The van der Waals surface area contributed by atoms with Crippen molar-refractivity contribution in [2.75, 3.05) is 0 Å². The topological polar surface area (TPSA) is 20.3 Å². The molecular weight excluding hydrogens is 314 g/mol. The van der Waals surface area contributed by atoms with Crippen molar-refractivity contribution in [3.05, 3.63) is 34.9 Å². The molecule has 2 bridgehead atoms. The molecule has 0 aromatic heterocycles. The summed E-state index contributed by atoms with van der Waals surface area (Å²) < 4.78 is 0. The number of aryl methyl sites for hydroxylation is 2. The van der Waals surface area contributed by atoms with Crippen LogP contribution in [0, 0.1) is 0 Å². The van der Waals surface area contributed by atoms with Gasteiger partial charge >= 0.3 is 0 Å². The summed E-state index contributed by atoms with van der Waals surface area (Å²) in [5.41, 5.74) is 3.76. The van der Waals surface area contributed by atoms with Crippen LogP contribution >= 0.6 is 15.9 Å². The Morgan fingerprint density at radius 3 is 2.55 bits per heavy atom. The standard InChI is InChI=1S/C17H20BrNO/c18-14-9-15-6-7-16(10-14)19(15)17(20)13-5-4-11-2-1-3-12(11)8-13/h4-5,8,14-16H,1-3,6-7,9-10H2. The van der Waals surface area contributed by atoms with E-state index < -0.39 is 0 Å². The quantitative estimate of drug-likeness (QED) is 0.717. The third-order valence-corrected chi connectivity index (χ3v) is 6.00. The first-order valence-electron chi connectivity index (χ1n) is 7.81.